The lowest BCUT2D eigenvalue weighted by Gasteiger charge is -2.05. The first kappa shape index (κ1) is 14.5. The number of benzene rings is 1. The second-order valence-corrected chi connectivity index (χ2v) is 7.37. The lowest BCUT2D eigenvalue weighted by molar-refractivity contribution is 0.581. The van der Waals surface area contributed by atoms with Gasteiger partial charge in [0.1, 0.15) is 4.60 Å². The van der Waals surface area contributed by atoms with Gasteiger partial charge in [-0.05, 0) is 41.1 Å². The molecule has 1 aromatic carbocycles. The van der Waals surface area contributed by atoms with Crippen LogP contribution in [-0.2, 0) is 10.0 Å². The average molecular weight is 387 g/mol. The molecule has 0 amide bonds. The molecule has 0 N–H and O–H groups in total. The molecule has 0 fully saturated rings. The van der Waals surface area contributed by atoms with Crippen molar-refractivity contribution in [3.8, 4) is 0 Å². The molecule has 3 aromatic rings. The number of aryl methyl sites for hydroxylation is 1. The Bertz CT molecular complexity index is 936. The maximum Gasteiger partial charge on any atom is 0.284 e. The van der Waals surface area contributed by atoms with Crippen LogP contribution in [0.25, 0.3) is 11.0 Å². The van der Waals surface area contributed by atoms with Gasteiger partial charge in [-0.1, -0.05) is 29.3 Å². The van der Waals surface area contributed by atoms with E-state index in [-0.39, 0.29) is 10.5 Å². The summed E-state index contributed by atoms with van der Waals surface area (Å²) in [7, 11) is -3.82. The number of fused-ring (bicyclic) bond motifs is 1. The summed E-state index contributed by atoms with van der Waals surface area (Å²) in [6.45, 7) is 1.89. The van der Waals surface area contributed by atoms with Gasteiger partial charge in [0.2, 0.25) is 0 Å². The van der Waals surface area contributed by atoms with Gasteiger partial charge in [-0.15, -0.1) is 9.19 Å². The van der Waals surface area contributed by atoms with Crippen LogP contribution in [0.2, 0.25) is 5.02 Å². The molecule has 3 rings (SSSR count). The van der Waals surface area contributed by atoms with Gasteiger partial charge >= 0.3 is 0 Å². The van der Waals surface area contributed by atoms with E-state index in [2.05, 4.69) is 26.0 Å². The van der Waals surface area contributed by atoms with Crippen molar-refractivity contribution in [2.45, 2.75) is 11.8 Å². The van der Waals surface area contributed by atoms with Gasteiger partial charge in [-0.3, -0.25) is 0 Å². The third kappa shape index (κ3) is 2.35. The molecular formula is C13H9BrClN3O2S. The first-order valence-corrected chi connectivity index (χ1v) is 8.53. The van der Waals surface area contributed by atoms with E-state index in [4.69, 9.17) is 11.6 Å². The third-order valence-corrected chi connectivity index (χ3v) is 5.44. The van der Waals surface area contributed by atoms with Crippen LogP contribution in [0.5, 0.6) is 0 Å². The molecule has 0 radical (unpaired) electrons. The summed E-state index contributed by atoms with van der Waals surface area (Å²) in [5.41, 5.74) is 1.16. The van der Waals surface area contributed by atoms with Gasteiger partial charge in [0.15, 0.2) is 5.65 Å². The van der Waals surface area contributed by atoms with Crippen molar-refractivity contribution < 1.29 is 8.42 Å². The fourth-order valence-electron chi connectivity index (χ4n) is 1.92. The highest BCUT2D eigenvalue weighted by Gasteiger charge is 2.24. The van der Waals surface area contributed by atoms with E-state index in [9.17, 15) is 8.42 Å². The molecule has 0 aliphatic carbocycles. The summed E-state index contributed by atoms with van der Waals surface area (Å²) in [5.74, 6) is 0. The lowest BCUT2D eigenvalue weighted by Crippen LogP contribution is -2.15. The second-order valence-electron chi connectivity index (χ2n) is 4.44. The highest BCUT2D eigenvalue weighted by molar-refractivity contribution is 9.10. The predicted molar refractivity (Wildman–Crippen MR) is 84.0 cm³/mol. The molecule has 0 spiro atoms. The van der Waals surface area contributed by atoms with Crippen molar-refractivity contribution in [2.24, 2.45) is 0 Å². The number of aromatic nitrogens is 3. The predicted octanol–water partition coefficient (Wildman–Crippen LogP) is 3.39. The zero-order valence-corrected chi connectivity index (χ0v) is 13.9. The minimum absolute atomic E-state index is 0.145. The van der Waals surface area contributed by atoms with Crippen LogP contribution < -0.4 is 0 Å². The molecule has 0 aliphatic heterocycles. The number of rotatable bonds is 2. The van der Waals surface area contributed by atoms with Crippen molar-refractivity contribution in [3.05, 3.63) is 51.7 Å². The zero-order valence-electron chi connectivity index (χ0n) is 10.8. The Morgan fingerprint density at radius 3 is 2.52 bits per heavy atom. The Morgan fingerprint density at radius 1 is 1.19 bits per heavy atom. The van der Waals surface area contributed by atoms with Crippen molar-refractivity contribution in [2.75, 3.05) is 0 Å². The maximum atomic E-state index is 12.7. The van der Waals surface area contributed by atoms with E-state index in [0.717, 1.165) is 9.65 Å². The SMILES string of the molecule is Cc1ccc(S(=O)(=O)n2nc(Br)c3c(Cl)ccnc32)cc1. The normalized spacial score (nSPS) is 12.0. The average Bonchev–Trinajstić information content (AvgIpc) is 2.79. The Kier molecular flexibility index (Phi) is 3.51. The van der Waals surface area contributed by atoms with E-state index in [0.29, 0.717) is 15.0 Å². The Morgan fingerprint density at radius 2 is 1.86 bits per heavy atom. The van der Waals surface area contributed by atoms with Gasteiger partial charge in [0, 0.05) is 6.20 Å². The van der Waals surface area contributed by atoms with Gasteiger partial charge in [0.05, 0.1) is 15.3 Å². The van der Waals surface area contributed by atoms with Crippen molar-refractivity contribution in [1.82, 2.24) is 14.2 Å². The largest absolute Gasteiger partial charge is 0.284 e. The first-order chi connectivity index (χ1) is 9.91. The minimum atomic E-state index is -3.82. The van der Waals surface area contributed by atoms with Gasteiger partial charge in [-0.25, -0.2) is 4.98 Å². The zero-order chi connectivity index (χ0) is 15.2. The molecule has 0 unspecified atom stereocenters. The van der Waals surface area contributed by atoms with Crippen molar-refractivity contribution in [1.29, 1.82) is 0 Å². The number of nitrogens with zero attached hydrogens (tertiary/aromatic N) is 3. The smallest absolute Gasteiger partial charge is 0.236 e. The number of hydrogen-bond donors (Lipinski definition) is 0. The number of halogens is 2. The summed E-state index contributed by atoms with van der Waals surface area (Å²) in [4.78, 5) is 4.22. The van der Waals surface area contributed by atoms with E-state index in [1.54, 1.807) is 18.2 Å². The lowest BCUT2D eigenvalue weighted by atomic mass is 10.2. The van der Waals surface area contributed by atoms with Crippen LogP contribution in [0.3, 0.4) is 0 Å². The molecule has 0 bridgehead atoms. The van der Waals surface area contributed by atoms with Gasteiger partial charge < -0.3 is 0 Å². The van der Waals surface area contributed by atoms with Crippen LogP contribution >= 0.6 is 27.5 Å². The highest BCUT2D eigenvalue weighted by atomic mass is 79.9. The molecule has 8 heteroatoms. The molecule has 0 atom stereocenters. The molecule has 0 saturated carbocycles. The Labute approximate surface area is 134 Å². The van der Waals surface area contributed by atoms with E-state index >= 15 is 0 Å². The van der Waals surface area contributed by atoms with Crippen LogP contribution in [0.1, 0.15) is 5.56 Å². The van der Waals surface area contributed by atoms with Crippen molar-refractivity contribution in [3.63, 3.8) is 0 Å². The summed E-state index contributed by atoms with van der Waals surface area (Å²) in [6, 6.07) is 8.12. The van der Waals surface area contributed by atoms with E-state index in [1.807, 2.05) is 6.92 Å². The molecule has 0 saturated heterocycles. The molecule has 2 aromatic heterocycles. The van der Waals surface area contributed by atoms with E-state index in [1.165, 1.54) is 18.3 Å². The third-order valence-electron chi connectivity index (χ3n) is 2.99. The molecule has 5 nitrogen and oxygen atoms in total. The van der Waals surface area contributed by atoms with Crippen LogP contribution in [0.4, 0.5) is 0 Å². The van der Waals surface area contributed by atoms with Crippen molar-refractivity contribution >= 4 is 48.6 Å². The summed E-state index contributed by atoms with van der Waals surface area (Å²) < 4.78 is 26.6. The molecule has 108 valence electrons. The minimum Gasteiger partial charge on any atom is -0.236 e. The van der Waals surface area contributed by atoms with Gasteiger partial charge in [-0.2, -0.15) is 8.42 Å². The topological polar surface area (TPSA) is 64.8 Å². The number of pyridine rings is 1. The van der Waals surface area contributed by atoms with Crippen LogP contribution in [0.15, 0.2) is 46.0 Å². The molecule has 2 heterocycles. The highest BCUT2D eigenvalue weighted by Crippen LogP contribution is 2.30. The molecule has 21 heavy (non-hydrogen) atoms. The van der Waals surface area contributed by atoms with Crippen LogP contribution in [-0.4, -0.2) is 22.6 Å². The Hall–Kier alpha value is -1.44. The fourth-order valence-corrected chi connectivity index (χ4v) is 4.15. The standard InChI is InChI=1S/C13H9BrClN3O2S/c1-8-2-4-9(5-3-8)21(19,20)18-13-11(12(14)17-18)10(15)6-7-16-13/h2-7H,1H3. The first-order valence-electron chi connectivity index (χ1n) is 5.92. The molecule has 0 aliphatic rings. The maximum absolute atomic E-state index is 12.7. The second kappa shape index (κ2) is 5.08. The number of hydrogen-bond acceptors (Lipinski definition) is 4. The van der Waals surface area contributed by atoms with Gasteiger partial charge in [0.25, 0.3) is 10.0 Å². The Balaban J connectivity index is 2.29. The summed E-state index contributed by atoms with van der Waals surface area (Å²) >= 11 is 9.30. The fraction of sp³-hybridized carbons (Fsp3) is 0.0769. The summed E-state index contributed by atoms with van der Waals surface area (Å²) in [6.07, 6.45) is 1.44. The quantitative estimate of drug-likeness (QED) is 0.677. The van der Waals surface area contributed by atoms with Crippen LogP contribution in [0, 0.1) is 6.92 Å². The molecular weight excluding hydrogens is 378 g/mol. The summed E-state index contributed by atoms with van der Waals surface area (Å²) in [5, 5.41) is 4.87. The monoisotopic (exact) mass is 385 g/mol. The van der Waals surface area contributed by atoms with E-state index < -0.39 is 10.0 Å².